The van der Waals surface area contributed by atoms with Gasteiger partial charge in [0, 0.05) is 112 Å². The second kappa shape index (κ2) is 51.2. The van der Waals surface area contributed by atoms with Gasteiger partial charge in [-0.1, -0.05) is 0 Å². The van der Waals surface area contributed by atoms with Gasteiger partial charge in [-0.25, -0.2) is 19.6 Å². The summed E-state index contributed by atoms with van der Waals surface area (Å²) in [5.74, 6) is -23.8. The van der Waals surface area contributed by atoms with E-state index in [4.69, 9.17) is 10.8 Å². The van der Waals surface area contributed by atoms with Crippen LogP contribution in [0.5, 0.6) is 0 Å². The molecule has 117 heavy (non-hydrogen) atoms. The number of aliphatic carboxylic acids is 4. The van der Waals surface area contributed by atoms with Crippen LogP contribution in [-0.4, -0.2) is 348 Å². The summed E-state index contributed by atoms with van der Waals surface area (Å²) in [6.07, 6.45) is -34.9. The van der Waals surface area contributed by atoms with Crippen LogP contribution in [0, 0.1) is 17.8 Å². The number of aromatic nitrogens is 4. The SMILES string of the molecule is CSC[C@@H](NC(=O)[C@H](CCC(=O)NC[C@H](O)[C@@H](O)[C@H](O)[C@H](O)CO)CC(=O)[C@@H](CCC(=O)O)NC(=O)[C@H](CCC(=O)NC[C@H](O)[C@@H](O)[C@H](O)[C@H](O)CO)CC(=O)[C@@H](CCC(=O)O)NC(=O)[C@H](CCC(=O)NC[C@H](O)[C@@H](O)[C@H](O)[C@H](O)CO)CC(=O)CC[C@H](NC(=O)c1ccc(NCc2cnc3nc(N)[nH]c(=O)c3n2)cc1)C(=O)O)C(=O)O. The van der Waals surface area contributed by atoms with Crippen LogP contribution >= 0.6 is 11.8 Å². The van der Waals surface area contributed by atoms with E-state index in [2.05, 4.69) is 62.5 Å². The van der Waals surface area contributed by atoms with E-state index in [-0.39, 0.29) is 35.0 Å². The maximum Gasteiger partial charge on any atom is 0.327 e. The summed E-state index contributed by atoms with van der Waals surface area (Å²) >= 11 is 0.954. The van der Waals surface area contributed by atoms with E-state index in [0.29, 0.717) is 11.4 Å². The Morgan fingerprint density at radius 1 is 0.462 bits per heavy atom. The number of thioether (sulfide) groups is 1. The number of hydrogen-bond acceptors (Lipinski definition) is 36. The number of nitrogen functional groups attached to an aromatic ring is 1. The standard InChI is InChI=1S/C69H103N13O34S/c1-117-29-40(68(115)116)80-65(111)33(6-15-51(97)74-25-45(91)57(104)60(107)48(94)28-85)20-42(88)38(12-17-53(100)101)78-64(110)32(5-14-50(96)73-24-44(90)56(103)59(106)47(93)27-84)19-41(87)37(11-16-52(98)99)77-63(109)31(4-13-49(95)72-23-43(89)55(102)58(105)46(92)26-83)18-36(86)9-10-39(67(113)114)79-62(108)30-2-7-34(8-3-30)71-21-35-22-75-61-54(76-35)66(112)82-69(70)81-61/h2-3,7-8,22,31-33,37-40,43-48,55-60,71,83-85,89-94,102-107H,4-6,9-21,23-29H2,1H3,(H,72,95)(H,73,96)(H,74,97)(H,77,109)(H,78,110)(H,79,108)(H,80,111)(H,98,99)(H,100,101)(H,113,114)(H,115,116)(H3,70,75,81,82,112)/t31-,32-,33-,37-,38-,39+,40-,43+,44+,45+,46-,47-,48-,55-,56-,57-,58-,59-,60-/m1/s1. The Kier molecular flexibility index (Phi) is 44.3. The Morgan fingerprint density at radius 2 is 0.838 bits per heavy atom. The normalized spacial score (nSPS) is 16.4. The minimum atomic E-state index is -2.22. The molecular formula is C69H103N13O34S. The highest BCUT2D eigenvalue weighted by Gasteiger charge is 2.38. The number of Topliss-reactive ketones (excluding diaryl/α,β-unsaturated/α-hetero) is 3. The van der Waals surface area contributed by atoms with E-state index < -0.39 is 339 Å². The topological polar surface area (TPSA) is 817 Å². The molecule has 0 unspecified atom stereocenters. The number of carbonyl (C=O) groups excluding carboxylic acids is 10. The highest BCUT2D eigenvalue weighted by atomic mass is 32.2. The fourth-order valence-corrected chi connectivity index (χ4v) is 11.7. The minimum Gasteiger partial charge on any atom is -0.481 e. The number of carboxylic acids is 4. The molecule has 1 aromatic carbocycles. The summed E-state index contributed by atoms with van der Waals surface area (Å²) < 4.78 is 0. The van der Waals surface area contributed by atoms with E-state index >= 15 is 0 Å². The van der Waals surface area contributed by atoms with Crippen molar-refractivity contribution in [2.24, 2.45) is 17.8 Å². The number of nitrogens with two attached hydrogens (primary N) is 1. The molecule has 0 spiro atoms. The molecule has 48 heteroatoms. The Morgan fingerprint density at radius 3 is 1.21 bits per heavy atom. The van der Waals surface area contributed by atoms with Crippen molar-refractivity contribution in [2.45, 2.75) is 200 Å². The Hall–Kier alpha value is -10.0. The number of aliphatic hydroxyl groups excluding tert-OH is 15. The number of ketones is 3. The van der Waals surface area contributed by atoms with Crippen LogP contribution in [0.4, 0.5) is 11.6 Å². The fourth-order valence-electron chi connectivity index (χ4n) is 11.2. The van der Waals surface area contributed by atoms with Gasteiger partial charge in [0.05, 0.1) is 68.7 Å². The van der Waals surface area contributed by atoms with Crippen LogP contribution < -0.4 is 53.8 Å². The van der Waals surface area contributed by atoms with Crippen molar-refractivity contribution in [3.63, 3.8) is 0 Å². The Bertz CT molecular complexity index is 3890. The van der Waals surface area contributed by atoms with Gasteiger partial charge in [0.1, 0.15) is 72.8 Å². The zero-order chi connectivity index (χ0) is 88.1. The number of fused-ring (bicyclic) bond motifs is 1. The number of carbonyl (C=O) groups is 14. The third-order valence-electron chi connectivity index (χ3n) is 18.2. The van der Waals surface area contributed by atoms with Gasteiger partial charge in [-0.3, -0.25) is 67.3 Å². The number of amides is 7. The van der Waals surface area contributed by atoms with Crippen molar-refractivity contribution < 1.29 is 164 Å². The van der Waals surface area contributed by atoms with E-state index in [1.54, 1.807) is 0 Å². The second-order valence-corrected chi connectivity index (χ2v) is 28.2. The van der Waals surface area contributed by atoms with E-state index in [9.17, 15) is 164 Å². The van der Waals surface area contributed by atoms with Gasteiger partial charge in [0.15, 0.2) is 22.7 Å². The van der Waals surface area contributed by atoms with Crippen molar-refractivity contribution in [3.05, 3.63) is 52.1 Å². The van der Waals surface area contributed by atoms with Gasteiger partial charge < -0.3 is 145 Å². The predicted octanol–water partition coefficient (Wildman–Crippen LogP) is -10.8. The first-order chi connectivity index (χ1) is 55.0. The lowest BCUT2D eigenvalue weighted by Gasteiger charge is -2.26. The lowest BCUT2D eigenvalue weighted by molar-refractivity contribution is -0.142. The molecule has 3 rings (SSSR count). The van der Waals surface area contributed by atoms with E-state index in [1.165, 1.54) is 36.7 Å². The van der Waals surface area contributed by atoms with Gasteiger partial charge in [-0.15, -0.1) is 0 Å². The molecule has 2 heterocycles. The van der Waals surface area contributed by atoms with Gasteiger partial charge >= 0.3 is 23.9 Å². The van der Waals surface area contributed by atoms with Crippen molar-refractivity contribution in [2.75, 3.05) is 62.5 Å². The largest absolute Gasteiger partial charge is 0.481 e. The molecule has 0 saturated heterocycles. The smallest absolute Gasteiger partial charge is 0.327 e. The lowest BCUT2D eigenvalue weighted by Crippen LogP contribution is -2.50. The van der Waals surface area contributed by atoms with Crippen LogP contribution in [-0.2, 0) is 68.9 Å². The molecule has 654 valence electrons. The molecule has 0 fully saturated rings. The van der Waals surface area contributed by atoms with E-state index in [0.717, 1.165) is 11.8 Å². The van der Waals surface area contributed by atoms with Crippen molar-refractivity contribution in [1.82, 2.24) is 57.2 Å². The molecule has 3 aromatic rings. The van der Waals surface area contributed by atoms with Crippen molar-refractivity contribution in [3.8, 4) is 0 Å². The average molecular weight is 1690 g/mol. The number of nitrogens with zero attached hydrogens (tertiary/aromatic N) is 3. The zero-order valence-corrected chi connectivity index (χ0v) is 63.9. The predicted molar refractivity (Wildman–Crippen MR) is 399 cm³/mol. The number of carboxylic acid groups (broad SMARTS) is 4. The molecule has 0 aliphatic carbocycles. The summed E-state index contributed by atoms with van der Waals surface area (Å²) in [6.45, 7) is -5.80. The molecule has 0 aliphatic rings. The zero-order valence-electron chi connectivity index (χ0n) is 63.1. The number of anilines is 2. The number of benzene rings is 1. The number of aliphatic hydroxyl groups is 15. The molecule has 0 saturated carbocycles. The van der Waals surface area contributed by atoms with Crippen LogP contribution in [0.1, 0.15) is 112 Å². The average Bonchev–Trinajstić information content (AvgIpc) is 0.812. The fraction of sp³-hybridized carbons (Fsp3) is 0.623. The highest BCUT2D eigenvalue weighted by molar-refractivity contribution is 7.98. The summed E-state index contributed by atoms with van der Waals surface area (Å²) in [5, 5.41) is 207. The maximum absolute atomic E-state index is 14.8. The third kappa shape index (κ3) is 35.4. The first kappa shape index (κ1) is 101. The van der Waals surface area contributed by atoms with Crippen molar-refractivity contribution in [1.29, 1.82) is 0 Å². The molecule has 7 amide bonds. The summed E-state index contributed by atoms with van der Waals surface area (Å²) in [4.78, 5) is 216. The molecule has 0 bridgehead atoms. The molecular weight excluding hydrogens is 1590 g/mol. The Labute approximate surface area is 668 Å². The minimum absolute atomic E-state index is 0.0103. The number of H-pyrrole nitrogens is 1. The summed E-state index contributed by atoms with van der Waals surface area (Å²) in [7, 11) is 0. The Balaban J connectivity index is 2.06. The molecule has 19 atom stereocenters. The molecule has 0 aliphatic heterocycles. The van der Waals surface area contributed by atoms with Crippen LogP contribution in [0.25, 0.3) is 11.2 Å². The van der Waals surface area contributed by atoms with Crippen LogP contribution in [0.15, 0.2) is 35.3 Å². The number of rotatable bonds is 59. The quantitative estimate of drug-likeness (QED) is 0.0249. The van der Waals surface area contributed by atoms with Crippen molar-refractivity contribution >= 4 is 117 Å². The first-order valence-corrected chi connectivity index (χ1v) is 37.8. The lowest BCUT2D eigenvalue weighted by atomic mass is 9.89. The maximum atomic E-state index is 14.8. The second-order valence-electron chi connectivity index (χ2n) is 27.3. The van der Waals surface area contributed by atoms with Crippen LogP contribution in [0.2, 0.25) is 0 Å². The van der Waals surface area contributed by atoms with Gasteiger partial charge in [0.25, 0.3) is 11.5 Å². The number of nitrogens with one attached hydrogen (secondary N) is 9. The van der Waals surface area contributed by atoms with Crippen LogP contribution in [0.3, 0.4) is 0 Å². The third-order valence-corrected chi connectivity index (χ3v) is 18.9. The molecule has 47 nitrogen and oxygen atoms in total. The van der Waals surface area contributed by atoms with Gasteiger partial charge in [0.2, 0.25) is 41.4 Å². The summed E-state index contributed by atoms with van der Waals surface area (Å²) in [6, 6.07) is -2.04. The summed E-state index contributed by atoms with van der Waals surface area (Å²) in [5.41, 5.74) is 5.43. The first-order valence-electron chi connectivity index (χ1n) is 36.4. The molecule has 2 aromatic heterocycles. The number of hydrogen-bond donors (Lipinski definition) is 29. The molecule has 0 radical (unpaired) electrons. The van der Waals surface area contributed by atoms with E-state index in [1.807, 2.05) is 0 Å². The monoisotopic (exact) mass is 1690 g/mol. The van der Waals surface area contributed by atoms with Gasteiger partial charge in [-0.2, -0.15) is 16.7 Å². The highest BCUT2D eigenvalue weighted by Crippen LogP contribution is 2.23. The molecule has 30 N–H and O–H groups in total. The number of aromatic amines is 1. The van der Waals surface area contributed by atoms with Gasteiger partial charge in [-0.05, 0) is 69.0 Å².